The van der Waals surface area contributed by atoms with E-state index in [1.54, 1.807) is 4.90 Å². The van der Waals surface area contributed by atoms with Gasteiger partial charge in [0.05, 0.1) is 28.2 Å². The van der Waals surface area contributed by atoms with Crippen molar-refractivity contribution < 1.29 is 23.5 Å². The van der Waals surface area contributed by atoms with Gasteiger partial charge in [-0.1, -0.05) is 24.2 Å². The van der Waals surface area contributed by atoms with Crippen molar-refractivity contribution in [2.45, 2.75) is 6.92 Å². The van der Waals surface area contributed by atoms with Crippen molar-refractivity contribution in [2.24, 2.45) is 0 Å². The average Bonchev–Trinajstić information content (AvgIpc) is 2.80. The predicted octanol–water partition coefficient (Wildman–Crippen LogP) is 4.33. The number of anilines is 2. The largest absolute Gasteiger partial charge is 0.507 e. The zero-order chi connectivity index (χ0) is 24.6. The van der Waals surface area contributed by atoms with E-state index < -0.39 is 23.3 Å². The van der Waals surface area contributed by atoms with Crippen LogP contribution in [0.4, 0.5) is 20.2 Å². The molecule has 4 rings (SSSR count). The highest BCUT2D eigenvalue weighted by molar-refractivity contribution is 6.34. The van der Waals surface area contributed by atoms with Gasteiger partial charge in [-0.3, -0.25) is 14.6 Å². The number of amides is 2. The predicted molar refractivity (Wildman–Crippen MR) is 127 cm³/mol. The van der Waals surface area contributed by atoms with Crippen LogP contribution in [-0.4, -0.2) is 53.0 Å². The zero-order valence-corrected chi connectivity index (χ0v) is 19.0. The van der Waals surface area contributed by atoms with Crippen LogP contribution in [-0.2, 0) is 9.59 Å². The summed E-state index contributed by atoms with van der Waals surface area (Å²) >= 11 is 6.43. The van der Waals surface area contributed by atoms with Crippen LogP contribution in [0.3, 0.4) is 0 Å². The van der Waals surface area contributed by atoms with Crippen molar-refractivity contribution in [1.82, 2.24) is 9.88 Å². The van der Waals surface area contributed by atoms with Gasteiger partial charge >= 0.3 is 0 Å². The van der Waals surface area contributed by atoms with E-state index >= 15 is 4.39 Å². The lowest BCUT2D eigenvalue weighted by molar-refractivity contribution is -0.129. The van der Waals surface area contributed by atoms with Gasteiger partial charge in [-0.15, -0.1) is 0 Å². The Bertz CT molecular complexity index is 1300. The van der Waals surface area contributed by atoms with Gasteiger partial charge in [0.15, 0.2) is 5.82 Å². The van der Waals surface area contributed by atoms with Gasteiger partial charge in [0.1, 0.15) is 17.1 Å². The van der Waals surface area contributed by atoms with Gasteiger partial charge in [-0.05, 0) is 24.3 Å². The van der Waals surface area contributed by atoms with Crippen LogP contribution in [0.1, 0.15) is 6.92 Å². The van der Waals surface area contributed by atoms with Crippen molar-refractivity contribution in [2.75, 3.05) is 36.4 Å². The lowest BCUT2D eigenvalue weighted by Gasteiger charge is -2.37. The maximum absolute atomic E-state index is 15.8. The van der Waals surface area contributed by atoms with E-state index in [-0.39, 0.29) is 27.6 Å². The quantitative estimate of drug-likeness (QED) is 0.536. The minimum atomic E-state index is -0.909. The Morgan fingerprint density at radius 2 is 1.91 bits per heavy atom. The van der Waals surface area contributed by atoms with Crippen molar-refractivity contribution in [3.8, 4) is 16.9 Å². The monoisotopic (exact) mass is 486 g/mol. The molecule has 1 aromatic heterocycles. The average molecular weight is 487 g/mol. The Morgan fingerprint density at radius 3 is 2.53 bits per heavy atom. The van der Waals surface area contributed by atoms with Gasteiger partial charge in [-0.25, -0.2) is 8.78 Å². The Labute approximate surface area is 199 Å². The first-order valence-electron chi connectivity index (χ1n) is 10.4. The maximum Gasteiger partial charge on any atom is 0.247 e. The number of carbonyl (C=O) groups is 2. The number of piperazine rings is 1. The molecule has 2 aromatic carbocycles. The molecular formula is C24H21ClF2N4O3. The number of aromatic nitrogens is 1. The number of halogens is 3. The molecule has 1 saturated heterocycles. The number of hydrogen-bond acceptors (Lipinski definition) is 5. The van der Waals surface area contributed by atoms with E-state index in [2.05, 4.69) is 16.9 Å². The Kier molecular flexibility index (Phi) is 6.39. The number of benzene rings is 2. The number of pyridine rings is 1. The molecule has 0 unspecified atom stereocenters. The molecule has 0 atom stereocenters. The first-order chi connectivity index (χ1) is 16.2. The molecule has 1 fully saturated rings. The van der Waals surface area contributed by atoms with Crippen molar-refractivity contribution in [3.05, 3.63) is 59.8 Å². The van der Waals surface area contributed by atoms with E-state index in [0.29, 0.717) is 42.9 Å². The molecule has 2 heterocycles. The van der Waals surface area contributed by atoms with E-state index in [0.717, 1.165) is 12.1 Å². The lowest BCUT2D eigenvalue weighted by Crippen LogP contribution is -2.48. The molecule has 3 aromatic rings. The number of phenolic OH excluding ortho intramolecular Hbond substituents is 1. The number of nitrogens with zero attached hydrogens (tertiary/aromatic N) is 3. The second kappa shape index (κ2) is 9.26. The summed E-state index contributed by atoms with van der Waals surface area (Å²) in [5, 5.41) is 13.0. The van der Waals surface area contributed by atoms with Crippen LogP contribution in [0.25, 0.3) is 22.0 Å². The summed E-state index contributed by atoms with van der Waals surface area (Å²) in [6, 6.07) is 5.06. The fourth-order valence-electron chi connectivity index (χ4n) is 4.10. The number of fused-ring (bicyclic) bond motifs is 1. The molecule has 176 valence electrons. The summed E-state index contributed by atoms with van der Waals surface area (Å²) in [5.74, 6) is -2.74. The topological polar surface area (TPSA) is 85.8 Å². The molecule has 0 radical (unpaired) electrons. The van der Waals surface area contributed by atoms with E-state index in [1.807, 2.05) is 4.90 Å². The molecule has 1 aliphatic heterocycles. The third-order valence-electron chi connectivity index (χ3n) is 5.75. The number of hydrogen-bond donors (Lipinski definition) is 2. The smallest absolute Gasteiger partial charge is 0.247 e. The molecule has 1 aliphatic rings. The molecule has 0 aliphatic carbocycles. The van der Waals surface area contributed by atoms with Crippen molar-refractivity contribution in [3.63, 3.8) is 0 Å². The highest BCUT2D eigenvalue weighted by Crippen LogP contribution is 2.44. The summed E-state index contributed by atoms with van der Waals surface area (Å²) in [4.78, 5) is 31.5. The molecule has 0 bridgehead atoms. The van der Waals surface area contributed by atoms with Crippen molar-refractivity contribution in [1.29, 1.82) is 0 Å². The molecule has 7 nitrogen and oxygen atoms in total. The Morgan fingerprint density at radius 1 is 1.21 bits per heavy atom. The molecule has 0 spiro atoms. The van der Waals surface area contributed by atoms with Gasteiger partial charge in [0.2, 0.25) is 11.8 Å². The number of carbonyl (C=O) groups excluding carboxylic acids is 2. The van der Waals surface area contributed by atoms with Crippen LogP contribution in [0.2, 0.25) is 5.02 Å². The number of rotatable bonds is 4. The summed E-state index contributed by atoms with van der Waals surface area (Å²) in [7, 11) is 0. The summed E-state index contributed by atoms with van der Waals surface area (Å²) in [6.45, 7) is 6.65. The second-order valence-corrected chi connectivity index (χ2v) is 8.19. The SMILES string of the molecule is C=CC(=O)Nc1cnc2c(F)c(-c3c(O)cccc3F)c(Cl)cc2c1N1CCN(C(C)=O)CC1. The fourth-order valence-corrected chi connectivity index (χ4v) is 4.39. The van der Waals surface area contributed by atoms with E-state index in [1.165, 1.54) is 31.3 Å². The normalized spacial score (nSPS) is 13.8. The molecule has 34 heavy (non-hydrogen) atoms. The fraction of sp³-hybridized carbons (Fsp3) is 0.208. The van der Waals surface area contributed by atoms with Crippen LogP contribution < -0.4 is 10.2 Å². The van der Waals surface area contributed by atoms with Gasteiger partial charge in [0.25, 0.3) is 0 Å². The third kappa shape index (κ3) is 4.14. The number of phenols is 1. The van der Waals surface area contributed by atoms with Gasteiger partial charge in [0, 0.05) is 44.1 Å². The first-order valence-corrected chi connectivity index (χ1v) is 10.8. The van der Waals surface area contributed by atoms with E-state index in [9.17, 15) is 19.1 Å². The summed E-state index contributed by atoms with van der Waals surface area (Å²) < 4.78 is 30.3. The molecule has 10 heteroatoms. The van der Waals surface area contributed by atoms with Gasteiger partial charge < -0.3 is 20.2 Å². The standard InChI is InChI=1S/C24H21ClF2N4O3/c1-3-19(34)29-17-12-28-23-14(24(17)31-9-7-30(8-10-31)13(2)32)11-15(25)20(22(23)27)21-16(26)5-4-6-18(21)33/h3-6,11-12,33H,1,7-10H2,2H3,(H,29,34). The second-order valence-electron chi connectivity index (χ2n) is 7.78. The van der Waals surface area contributed by atoms with Crippen molar-refractivity contribution >= 4 is 45.7 Å². The zero-order valence-electron chi connectivity index (χ0n) is 18.2. The maximum atomic E-state index is 15.8. The van der Waals surface area contributed by atoms with Crippen LogP contribution >= 0.6 is 11.6 Å². The Hall–Kier alpha value is -3.72. The van der Waals surface area contributed by atoms with Crippen LogP contribution in [0, 0.1) is 11.6 Å². The molecular weight excluding hydrogens is 466 g/mol. The molecule has 2 amide bonds. The van der Waals surface area contributed by atoms with Gasteiger partial charge in [-0.2, -0.15) is 0 Å². The lowest BCUT2D eigenvalue weighted by atomic mass is 9.99. The molecule has 0 saturated carbocycles. The molecule has 2 N–H and O–H groups in total. The third-order valence-corrected chi connectivity index (χ3v) is 6.05. The minimum Gasteiger partial charge on any atom is -0.507 e. The Balaban J connectivity index is 1.92. The number of aromatic hydroxyl groups is 1. The minimum absolute atomic E-state index is 0.0529. The van der Waals surface area contributed by atoms with Crippen LogP contribution in [0.5, 0.6) is 5.75 Å². The summed E-state index contributed by atoms with van der Waals surface area (Å²) in [6.07, 6.45) is 2.40. The van der Waals surface area contributed by atoms with E-state index in [4.69, 9.17) is 11.6 Å². The summed E-state index contributed by atoms with van der Waals surface area (Å²) in [5.41, 5.74) is -0.0105. The first kappa shape index (κ1) is 23.4. The highest BCUT2D eigenvalue weighted by atomic mass is 35.5. The highest BCUT2D eigenvalue weighted by Gasteiger charge is 2.27. The number of nitrogens with one attached hydrogen (secondary N) is 1. The van der Waals surface area contributed by atoms with Crippen LogP contribution in [0.15, 0.2) is 43.1 Å².